The summed E-state index contributed by atoms with van der Waals surface area (Å²) in [5, 5.41) is 3.50. The van der Waals surface area contributed by atoms with Gasteiger partial charge in [0.2, 0.25) is 0 Å². The van der Waals surface area contributed by atoms with E-state index in [1.54, 1.807) is 0 Å². The predicted octanol–water partition coefficient (Wildman–Crippen LogP) is 0.563. The number of rotatable bonds is 2. The zero-order valence-corrected chi connectivity index (χ0v) is 9.55. The van der Waals surface area contributed by atoms with Gasteiger partial charge in [-0.25, -0.2) is 0 Å². The number of hydrogen-bond donors (Lipinski definition) is 1. The van der Waals surface area contributed by atoms with E-state index >= 15 is 0 Å². The van der Waals surface area contributed by atoms with Gasteiger partial charge in [0.25, 0.3) is 0 Å². The summed E-state index contributed by atoms with van der Waals surface area (Å²) in [6.07, 6.45) is 0. The van der Waals surface area contributed by atoms with Gasteiger partial charge in [0.05, 0.1) is 13.2 Å². The predicted molar refractivity (Wildman–Crippen MR) is 57.4 cm³/mol. The van der Waals surface area contributed by atoms with E-state index < -0.39 is 0 Å². The molecule has 0 aliphatic carbocycles. The van der Waals surface area contributed by atoms with Gasteiger partial charge >= 0.3 is 0 Å². The fraction of sp³-hybridized carbons (Fsp3) is 1.00. The van der Waals surface area contributed by atoms with E-state index in [0.717, 1.165) is 26.3 Å². The van der Waals surface area contributed by atoms with E-state index in [1.165, 1.54) is 6.54 Å². The Labute approximate surface area is 86.8 Å². The lowest BCUT2D eigenvalue weighted by Gasteiger charge is -2.54. The van der Waals surface area contributed by atoms with Crippen molar-refractivity contribution in [2.24, 2.45) is 11.3 Å². The smallest absolute Gasteiger partial charge is 0.0562 e. The first-order valence-electron chi connectivity index (χ1n) is 5.65. The van der Waals surface area contributed by atoms with Gasteiger partial charge in [-0.05, 0) is 13.0 Å². The van der Waals surface area contributed by atoms with Crippen molar-refractivity contribution in [3.63, 3.8) is 0 Å². The lowest BCUT2D eigenvalue weighted by Crippen LogP contribution is -2.65. The number of nitrogens with zero attached hydrogens (tertiary/aromatic N) is 1. The molecule has 2 saturated heterocycles. The minimum absolute atomic E-state index is 0.405. The summed E-state index contributed by atoms with van der Waals surface area (Å²) in [6.45, 7) is 9.96. The van der Waals surface area contributed by atoms with E-state index in [9.17, 15) is 0 Å². The average molecular weight is 198 g/mol. The molecule has 0 radical (unpaired) electrons. The lowest BCUT2D eigenvalue weighted by atomic mass is 9.68. The molecule has 0 aromatic rings. The maximum atomic E-state index is 5.45. The van der Waals surface area contributed by atoms with Gasteiger partial charge in [-0.2, -0.15) is 0 Å². The largest absolute Gasteiger partial charge is 0.380 e. The Hall–Kier alpha value is -0.120. The molecular formula is C11H22N2O. The summed E-state index contributed by atoms with van der Waals surface area (Å²) in [6, 6.07) is 0.657. The van der Waals surface area contributed by atoms with Crippen LogP contribution in [0.1, 0.15) is 13.8 Å². The summed E-state index contributed by atoms with van der Waals surface area (Å²) in [5.74, 6) is 0.712. The molecule has 0 aromatic carbocycles. The van der Waals surface area contributed by atoms with Crippen LogP contribution >= 0.6 is 0 Å². The van der Waals surface area contributed by atoms with Crippen molar-refractivity contribution in [2.45, 2.75) is 19.9 Å². The fourth-order valence-electron chi connectivity index (χ4n) is 2.70. The Bertz CT molecular complexity index is 201. The fourth-order valence-corrected chi connectivity index (χ4v) is 2.70. The lowest BCUT2D eigenvalue weighted by molar-refractivity contribution is -0.178. The third-order valence-corrected chi connectivity index (χ3v) is 4.07. The highest BCUT2D eigenvalue weighted by molar-refractivity contribution is 5.01. The van der Waals surface area contributed by atoms with Crippen molar-refractivity contribution in [2.75, 3.05) is 39.9 Å². The standard InChI is InChI=1S/C11H22N2O/c1-9(2)11(7-14-8-11)10-6-12-4-5-13(10)3/h9-10,12H,4-8H2,1-3H3. The molecule has 1 unspecified atom stereocenters. The highest BCUT2D eigenvalue weighted by Gasteiger charge is 2.49. The van der Waals surface area contributed by atoms with Gasteiger partial charge in [0.15, 0.2) is 0 Å². The molecule has 0 amide bonds. The minimum atomic E-state index is 0.405. The summed E-state index contributed by atoms with van der Waals surface area (Å²) in [7, 11) is 2.24. The third kappa shape index (κ3) is 1.47. The highest BCUT2D eigenvalue weighted by atomic mass is 16.5. The van der Waals surface area contributed by atoms with Crippen molar-refractivity contribution in [3.8, 4) is 0 Å². The molecule has 2 fully saturated rings. The second kappa shape index (κ2) is 3.80. The third-order valence-electron chi connectivity index (χ3n) is 4.07. The van der Waals surface area contributed by atoms with Gasteiger partial charge in [-0.15, -0.1) is 0 Å². The van der Waals surface area contributed by atoms with Crippen LogP contribution in [0.15, 0.2) is 0 Å². The second-order valence-electron chi connectivity index (χ2n) is 5.08. The van der Waals surface area contributed by atoms with Crippen LogP contribution in [-0.4, -0.2) is 50.8 Å². The Morgan fingerprint density at radius 3 is 2.57 bits per heavy atom. The Morgan fingerprint density at radius 2 is 2.14 bits per heavy atom. The number of ether oxygens (including phenoxy) is 1. The maximum Gasteiger partial charge on any atom is 0.0562 e. The van der Waals surface area contributed by atoms with Crippen LogP contribution in [0.2, 0.25) is 0 Å². The molecule has 2 rings (SSSR count). The van der Waals surface area contributed by atoms with E-state index in [4.69, 9.17) is 4.74 Å². The van der Waals surface area contributed by atoms with E-state index in [-0.39, 0.29) is 0 Å². The molecule has 0 bridgehead atoms. The number of likely N-dealkylation sites (N-methyl/N-ethyl adjacent to an activating group) is 1. The zero-order chi connectivity index (χ0) is 10.2. The van der Waals surface area contributed by atoms with Crippen LogP contribution in [0.3, 0.4) is 0 Å². The number of hydrogen-bond acceptors (Lipinski definition) is 3. The molecule has 0 spiro atoms. The SMILES string of the molecule is CC(C)C1(C2CNCCN2C)COC1. The molecule has 1 atom stereocenters. The quantitative estimate of drug-likeness (QED) is 0.702. The molecule has 2 aliphatic rings. The van der Waals surface area contributed by atoms with Gasteiger partial charge in [-0.1, -0.05) is 13.8 Å². The van der Waals surface area contributed by atoms with Crippen LogP contribution in [0, 0.1) is 11.3 Å². The van der Waals surface area contributed by atoms with Crippen LogP contribution < -0.4 is 5.32 Å². The topological polar surface area (TPSA) is 24.5 Å². The zero-order valence-electron chi connectivity index (χ0n) is 9.55. The van der Waals surface area contributed by atoms with Gasteiger partial charge in [0.1, 0.15) is 0 Å². The van der Waals surface area contributed by atoms with E-state index in [0.29, 0.717) is 17.4 Å². The van der Waals surface area contributed by atoms with Crippen molar-refractivity contribution in [1.82, 2.24) is 10.2 Å². The van der Waals surface area contributed by atoms with Crippen LogP contribution in [-0.2, 0) is 4.74 Å². The van der Waals surface area contributed by atoms with Gasteiger partial charge in [-0.3, -0.25) is 0 Å². The molecule has 1 N–H and O–H groups in total. The highest BCUT2D eigenvalue weighted by Crippen LogP contribution is 2.41. The van der Waals surface area contributed by atoms with Crippen molar-refractivity contribution < 1.29 is 4.74 Å². The second-order valence-corrected chi connectivity index (χ2v) is 5.08. The number of piperazine rings is 1. The van der Waals surface area contributed by atoms with Crippen molar-refractivity contribution >= 4 is 0 Å². The molecule has 0 saturated carbocycles. The Kier molecular flexibility index (Phi) is 2.82. The molecule has 82 valence electrons. The summed E-state index contributed by atoms with van der Waals surface area (Å²) in [4.78, 5) is 2.50. The molecule has 2 heterocycles. The molecule has 0 aromatic heterocycles. The first-order valence-corrected chi connectivity index (χ1v) is 5.65. The first-order chi connectivity index (χ1) is 6.67. The van der Waals surface area contributed by atoms with Crippen LogP contribution in [0.4, 0.5) is 0 Å². The average Bonchev–Trinajstić information content (AvgIpc) is 2.05. The molecule has 2 aliphatic heterocycles. The summed E-state index contributed by atoms with van der Waals surface area (Å²) in [5.41, 5.74) is 0.405. The van der Waals surface area contributed by atoms with Gasteiger partial charge < -0.3 is 15.0 Å². The van der Waals surface area contributed by atoms with Crippen LogP contribution in [0.5, 0.6) is 0 Å². The molecule has 3 nitrogen and oxygen atoms in total. The minimum Gasteiger partial charge on any atom is -0.380 e. The first kappa shape index (κ1) is 10.4. The molecular weight excluding hydrogens is 176 g/mol. The Balaban J connectivity index is 2.10. The molecule has 14 heavy (non-hydrogen) atoms. The monoisotopic (exact) mass is 198 g/mol. The number of nitrogens with one attached hydrogen (secondary N) is 1. The van der Waals surface area contributed by atoms with Crippen molar-refractivity contribution in [1.29, 1.82) is 0 Å². The van der Waals surface area contributed by atoms with Crippen molar-refractivity contribution in [3.05, 3.63) is 0 Å². The summed E-state index contributed by atoms with van der Waals surface area (Å²) >= 11 is 0. The van der Waals surface area contributed by atoms with Gasteiger partial charge in [0, 0.05) is 31.1 Å². The molecule has 3 heteroatoms. The Morgan fingerprint density at radius 1 is 1.43 bits per heavy atom. The normalized spacial score (nSPS) is 33.0. The maximum absolute atomic E-state index is 5.45. The van der Waals surface area contributed by atoms with E-state index in [2.05, 4.69) is 31.1 Å². The van der Waals surface area contributed by atoms with Crippen LogP contribution in [0.25, 0.3) is 0 Å². The summed E-state index contributed by atoms with van der Waals surface area (Å²) < 4.78 is 5.45. The van der Waals surface area contributed by atoms with E-state index in [1.807, 2.05) is 0 Å².